The summed E-state index contributed by atoms with van der Waals surface area (Å²) in [5, 5.41) is 31.9. The highest BCUT2D eigenvalue weighted by molar-refractivity contribution is 9.10. The van der Waals surface area contributed by atoms with Gasteiger partial charge in [-0.15, -0.1) is 0 Å². The van der Waals surface area contributed by atoms with Crippen LogP contribution >= 0.6 is 15.9 Å². The van der Waals surface area contributed by atoms with Crippen LogP contribution in [0.5, 0.6) is 0 Å². The van der Waals surface area contributed by atoms with Crippen LogP contribution in [0.3, 0.4) is 0 Å². The maximum Gasteiger partial charge on any atom is 0.107 e. The maximum absolute atomic E-state index is 9.41. The fourth-order valence-electron chi connectivity index (χ4n) is 1.85. The lowest BCUT2D eigenvalue weighted by atomic mass is 10.0. The van der Waals surface area contributed by atoms with Crippen molar-refractivity contribution in [3.63, 3.8) is 0 Å². The minimum atomic E-state index is -1.25. The molecular formula is C13H16BrN3O3. The molecule has 0 unspecified atom stereocenters. The predicted molar refractivity (Wildman–Crippen MR) is 81.5 cm³/mol. The SMILES string of the molecule is Nc1cnc2ccc(Br)cc2c1NC(CO)(CO)CO. The molecule has 1 heterocycles. The van der Waals surface area contributed by atoms with Crippen molar-refractivity contribution in [1.82, 2.24) is 4.98 Å². The highest BCUT2D eigenvalue weighted by atomic mass is 79.9. The normalized spacial score (nSPS) is 11.8. The van der Waals surface area contributed by atoms with Crippen LogP contribution in [0, 0.1) is 0 Å². The van der Waals surface area contributed by atoms with Crippen LogP contribution in [0.2, 0.25) is 0 Å². The number of hydrogen-bond donors (Lipinski definition) is 5. The van der Waals surface area contributed by atoms with Crippen LogP contribution < -0.4 is 11.1 Å². The molecule has 0 atom stereocenters. The zero-order valence-corrected chi connectivity index (χ0v) is 12.3. The third-order valence-corrected chi connectivity index (χ3v) is 3.65. The smallest absolute Gasteiger partial charge is 0.107 e. The van der Waals surface area contributed by atoms with Crippen molar-refractivity contribution in [2.45, 2.75) is 5.54 Å². The highest BCUT2D eigenvalue weighted by Gasteiger charge is 2.29. The first-order valence-electron chi connectivity index (χ1n) is 6.00. The molecule has 0 aliphatic heterocycles. The molecule has 7 heteroatoms. The molecule has 0 saturated heterocycles. The first-order valence-corrected chi connectivity index (χ1v) is 6.79. The Bertz CT molecular complexity index is 604. The molecule has 6 N–H and O–H groups in total. The largest absolute Gasteiger partial charge is 0.396 e. The molecule has 1 aromatic heterocycles. The standard InChI is InChI=1S/C13H16BrN3O3/c14-8-1-2-11-9(3-8)12(10(15)4-16-11)17-13(5-18,6-19)7-20/h1-4,18-20H,5-7,15H2,(H,16,17). The van der Waals surface area contributed by atoms with Crippen LogP contribution in [0.15, 0.2) is 28.9 Å². The molecule has 0 aliphatic carbocycles. The topological polar surface area (TPSA) is 112 Å². The average Bonchev–Trinajstić information content (AvgIpc) is 2.47. The molecule has 0 fully saturated rings. The summed E-state index contributed by atoms with van der Waals surface area (Å²) in [4.78, 5) is 4.22. The number of aliphatic hydroxyl groups excluding tert-OH is 3. The molecule has 0 saturated carbocycles. The van der Waals surface area contributed by atoms with E-state index in [4.69, 9.17) is 5.73 Å². The Hall–Kier alpha value is -1.41. The summed E-state index contributed by atoms with van der Waals surface area (Å²) in [6.07, 6.45) is 1.50. The van der Waals surface area contributed by atoms with Gasteiger partial charge in [0.05, 0.1) is 42.9 Å². The van der Waals surface area contributed by atoms with Crippen LogP contribution in [0.25, 0.3) is 10.9 Å². The fraction of sp³-hybridized carbons (Fsp3) is 0.308. The van der Waals surface area contributed by atoms with E-state index in [2.05, 4.69) is 26.2 Å². The van der Waals surface area contributed by atoms with E-state index >= 15 is 0 Å². The number of nitrogen functional groups attached to an aromatic ring is 1. The van der Waals surface area contributed by atoms with Gasteiger partial charge in [0, 0.05) is 9.86 Å². The summed E-state index contributed by atoms with van der Waals surface area (Å²) in [7, 11) is 0. The number of nitrogens with one attached hydrogen (secondary N) is 1. The first kappa shape index (κ1) is 15.0. The number of nitrogens with two attached hydrogens (primary N) is 1. The van der Waals surface area contributed by atoms with Gasteiger partial charge in [-0.3, -0.25) is 4.98 Å². The lowest BCUT2D eigenvalue weighted by Gasteiger charge is -2.31. The van der Waals surface area contributed by atoms with Crippen molar-refractivity contribution >= 4 is 38.2 Å². The average molecular weight is 342 g/mol. The Morgan fingerprint density at radius 2 is 1.85 bits per heavy atom. The number of aromatic nitrogens is 1. The van der Waals surface area contributed by atoms with E-state index in [-0.39, 0.29) is 0 Å². The fourth-order valence-corrected chi connectivity index (χ4v) is 2.21. The predicted octanol–water partition coefficient (Wildman–Crippen LogP) is 0.707. The number of nitrogens with zero attached hydrogens (tertiary/aromatic N) is 1. The summed E-state index contributed by atoms with van der Waals surface area (Å²) in [5.41, 5.74) is 6.29. The van der Waals surface area contributed by atoms with Crippen molar-refractivity contribution in [1.29, 1.82) is 0 Å². The highest BCUT2D eigenvalue weighted by Crippen LogP contribution is 2.32. The molecule has 20 heavy (non-hydrogen) atoms. The van der Waals surface area contributed by atoms with Crippen LogP contribution in [0.4, 0.5) is 11.4 Å². The maximum atomic E-state index is 9.41. The number of pyridine rings is 1. The zero-order chi connectivity index (χ0) is 14.8. The molecule has 1 aromatic carbocycles. The molecule has 0 amide bonds. The van der Waals surface area contributed by atoms with E-state index in [1.54, 1.807) is 0 Å². The summed E-state index contributed by atoms with van der Waals surface area (Å²) in [6.45, 7) is -1.30. The summed E-state index contributed by atoms with van der Waals surface area (Å²) < 4.78 is 0.850. The van der Waals surface area contributed by atoms with Crippen molar-refractivity contribution in [2.75, 3.05) is 30.9 Å². The molecule has 2 aromatic rings. The molecule has 108 valence electrons. The van der Waals surface area contributed by atoms with E-state index in [1.807, 2.05) is 18.2 Å². The molecular weight excluding hydrogens is 326 g/mol. The second-order valence-electron chi connectivity index (χ2n) is 4.63. The van der Waals surface area contributed by atoms with Gasteiger partial charge in [0.25, 0.3) is 0 Å². The monoisotopic (exact) mass is 341 g/mol. The van der Waals surface area contributed by atoms with Crippen LogP contribution in [0.1, 0.15) is 0 Å². The van der Waals surface area contributed by atoms with Gasteiger partial charge in [-0.05, 0) is 18.2 Å². The number of benzene rings is 1. The third kappa shape index (κ3) is 2.71. The van der Waals surface area contributed by atoms with E-state index in [0.29, 0.717) is 16.9 Å². The van der Waals surface area contributed by atoms with Gasteiger partial charge < -0.3 is 26.4 Å². The van der Waals surface area contributed by atoms with Gasteiger partial charge in [0.15, 0.2) is 0 Å². The summed E-state index contributed by atoms with van der Waals surface area (Å²) in [6, 6.07) is 5.51. The first-order chi connectivity index (χ1) is 9.55. The molecule has 6 nitrogen and oxygen atoms in total. The van der Waals surface area contributed by atoms with Crippen molar-refractivity contribution in [2.24, 2.45) is 0 Å². The molecule has 0 spiro atoms. The Morgan fingerprint density at radius 1 is 1.20 bits per heavy atom. The van der Waals surface area contributed by atoms with E-state index in [0.717, 1.165) is 9.86 Å². The van der Waals surface area contributed by atoms with Gasteiger partial charge in [0.2, 0.25) is 0 Å². The molecule has 2 rings (SSSR count). The third-order valence-electron chi connectivity index (χ3n) is 3.16. The minimum Gasteiger partial charge on any atom is -0.396 e. The number of hydrogen-bond acceptors (Lipinski definition) is 6. The molecule has 0 radical (unpaired) electrons. The quantitative estimate of drug-likeness (QED) is 0.547. The Labute approximate surface area is 124 Å². The van der Waals surface area contributed by atoms with E-state index in [9.17, 15) is 15.3 Å². The number of fused-ring (bicyclic) bond motifs is 1. The number of aliphatic hydroxyl groups is 3. The Morgan fingerprint density at radius 3 is 2.45 bits per heavy atom. The summed E-state index contributed by atoms with van der Waals surface area (Å²) >= 11 is 3.38. The van der Waals surface area contributed by atoms with E-state index < -0.39 is 25.4 Å². The van der Waals surface area contributed by atoms with Crippen LogP contribution in [-0.2, 0) is 0 Å². The second-order valence-corrected chi connectivity index (χ2v) is 5.55. The van der Waals surface area contributed by atoms with Gasteiger partial charge in [-0.1, -0.05) is 15.9 Å². The van der Waals surface area contributed by atoms with Crippen molar-refractivity contribution < 1.29 is 15.3 Å². The van der Waals surface area contributed by atoms with Gasteiger partial charge >= 0.3 is 0 Å². The lowest BCUT2D eigenvalue weighted by molar-refractivity contribution is 0.0835. The van der Waals surface area contributed by atoms with Gasteiger partial charge in [-0.25, -0.2) is 0 Å². The van der Waals surface area contributed by atoms with E-state index in [1.165, 1.54) is 6.20 Å². The number of halogens is 1. The Balaban J connectivity index is 2.58. The summed E-state index contributed by atoms with van der Waals surface area (Å²) in [5.74, 6) is 0. The molecule has 0 aliphatic rings. The lowest BCUT2D eigenvalue weighted by Crippen LogP contribution is -2.49. The van der Waals surface area contributed by atoms with Gasteiger partial charge in [-0.2, -0.15) is 0 Å². The Kier molecular flexibility index (Phi) is 4.44. The van der Waals surface area contributed by atoms with Crippen molar-refractivity contribution in [3.8, 4) is 0 Å². The molecule has 0 bridgehead atoms. The van der Waals surface area contributed by atoms with Crippen molar-refractivity contribution in [3.05, 3.63) is 28.9 Å². The van der Waals surface area contributed by atoms with Crippen LogP contribution in [-0.4, -0.2) is 45.7 Å². The number of rotatable bonds is 5. The van der Waals surface area contributed by atoms with Gasteiger partial charge in [0.1, 0.15) is 5.54 Å². The zero-order valence-electron chi connectivity index (χ0n) is 10.7. The second kappa shape index (κ2) is 5.92. The number of anilines is 2. The minimum absolute atomic E-state index is 0.371.